The standard InChI is InChI=1S/C18H15ClN2O4/c1-21-15(9-20-18(24)25)16(10-3-2-4-12(22)7-10)14-8-11(19)5-6-13(14)17(21)23/h2-8,20,22H,9H2,1H3,(H,24,25). The molecule has 0 aliphatic heterocycles. The molecule has 0 saturated carbocycles. The van der Waals surface area contributed by atoms with E-state index in [1.165, 1.54) is 10.6 Å². The third-order valence-corrected chi connectivity index (χ3v) is 4.26. The largest absolute Gasteiger partial charge is 0.508 e. The van der Waals surface area contributed by atoms with E-state index in [4.69, 9.17) is 16.7 Å². The molecule has 25 heavy (non-hydrogen) atoms. The van der Waals surface area contributed by atoms with Gasteiger partial charge in [-0.05, 0) is 41.3 Å². The number of nitrogens with zero attached hydrogens (tertiary/aromatic N) is 1. The smallest absolute Gasteiger partial charge is 0.404 e. The van der Waals surface area contributed by atoms with E-state index < -0.39 is 6.09 Å². The normalized spacial score (nSPS) is 10.8. The number of benzene rings is 2. The summed E-state index contributed by atoms with van der Waals surface area (Å²) in [6, 6.07) is 11.5. The number of aromatic hydroxyl groups is 1. The molecule has 7 heteroatoms. The molecule has 0 aliphatic rings. The topological polar surface area (TPSA) is 91.6 Å². The van der Waals surface area contributed by atoms with Gasteiger partial charge < -0.3 is 20.1 Å². The number of amides is 1. The van der Waals surface area contributed by atoms with E-state index in [-0.39, 0.29) is 17.9 Å². The van der Waals surface area contributed by atoms with Crippen molar-refractivity contribution in [2.24, 2.45) is 7.05 Å². The van der Waals surface area contributed by atoms with Crippen LogP contribution in [0.2, 0.25) is 5.02 Å². The van der Waals surface area contributed by atoms with Gasteiger partial charge in [0.05, 0.1) is 6.54 Å². The number of fused-ring (bicyclic) bond motifs is 1. The van der Waals surface area contributed by atoms with Gasteiger partial charge in [-0.15, -0.1) is 0 Å². The third-order valence-electron chi connectivity index (χ3n) is 4.02. The second-order valence-corrected chi connectivity index (χ2v) is 6.02. The van der Waals surface area contributed by atoms with Crippen LogP contribution in [0.5, 0.6) is 5.75 Å². The predicted octanol–water partition coefficient (Wildman–Crippen LogP) is 3.33. The first-order valence-electron chi connectivity index (χ1n) is 7.46. The molecule has 0 radical (unpaired) electrons. The zero-order chi connectivity index (χ0) is 18.1. The van der Waals surface area contributed by atoms with E-state index in [1.54, 1.807) is 43.4 Å². The van der Waals surface area contributed by atoms with Gasteiger partial charge in [0, 0.05) is 28.7 Å². The van der Waals surface area contributed by atoms with Crippen molar-refractivity contribution < 1.29 is 15.0 Å². The van der Waals surface area contributed by atoms with Crippen molar-refractivity contribution in [3.63, 3.8) is 0 Å². The molecule has 0 unspecified atom stereocenters. The molecule has 1 amide bonds. The van der Waals surface area contributed by atoms with Gasteiger partial charge in [0.1, 0.15) is 5.75 Å². The number of carbonyl (C=O) groups is 1. The average Bonchev–Trinajstić information content (AvgIpc) is 2.56. The van der Waals surface area contributed by atoms with Gasteiger partial charge >= 0.3 is 6.09 Å². The molecule has 0 spiro atoms. The molecule has 0 bridgehead atoms. The molecular formula is C18H15ClN2O4. The second kappa shape index (κ2) is 6.49. The fraction of sp³-hybridized carbons (Fsp3) is 0.111. The van der Waals surface area contributed by atoms with E-state index >= 15 is 0 Å². The highest BCUT2D eigenvalue weighted by Crippen LogP contribution is 2.33. The molecule has 1 aromatic heterocycles. The van der Waals surface area contributed by atoms with Gasteiger partial charge in [0.15, 0.2) is 0 Å². The first kappa shape index (κ1) is 16.9. The summed E-state index contributed by atoms with van der Waals surface area (Å²) in [4.78, 5) is 23.6. The van der Waals surface area contributed by atoms with Crippen LogP contribution in [0.3, 0.4) is 0 Å². The Morgan fingerprint density at radius 2 is 1.96 bits per heavy atom. The number of hydrogen-bond acceptors (Lipinski definition) is 3. The molecule has 3 N–H and O–H groups in total. The third kappa shape index (κ3) is 3.16. The van der Waals surface area contributed by atoms with Crippen LogP contribution in [0, 0.1) is 0 Å². The fourth-order valence-electron chi connectivity index (χ4n) is 2.89. The zero-order valence-corrected chi connectivity index (χ0v) is 14.0. The lowest BCUT2D eigenvalue weighted by Crippen LogP contribution is -2.28. The van der Waals surface area contributed by atoms with E-state index in [0.29, 0.717) is 32.6 Å². The number of phenolic OH excluding ortho intramolecular Hbond substituents is 1. The number of rotatable bonds is 3. The highest BCUT2D eigenvalue weighted by molar-refractivity contribution is 6.31. The number of aromatic nitrogens is 1. The monoisotopic (exact) mass is 358 g/mol. The summed E-state index contributed by atoms with van der Waals surface area (Å²) in [7, 11) is 1.58. The van der Waals surface area contributed by atoms with E-state index in [0.717, 1.165) is 0 Å². The lowest BCUT2D eigenvalue weighted by molar-refractivity contribution is 0.193. The summed E-state index contributed by atoms with van der Waals surface area (Å²) in [5.74, 6) is 0.0682. The number of nitrogens with one attached hydrogen (secondary N) is 1. The van der Waals surface area contributed by atoms with E-state index in [1.807, 2.05) is 0 Å². The molecule has 6 nitrogen and oxygen atoms in total. The van der Waals surface area contributed by atoms with Crippen LogP contribution in [-0.2, 0) is 13.6 Å². The summed E-state index contributed by atoms with van der Waals surface area (Å²) in [6.07, 6.45) is -1.19. The van der Waals surface area contributed by atoms with Crippen LogP contribution >= 0.6 is 11.6 Å². The predicted molar refractivity (Wildman–Crippen MR) is 96.2 cm³/mol. The molecule has 0 atom stereocenters. The maximum Gasteiger partial charge on any atom is 0.404 e. The molecule has 0 fully saturated rings. The van der Waals surface area contributed by atoms with Gasteiger partial charge in [-0.2, -0.15) is 0 Å². The van der Waals surface area contributed by atoms with Crippen LogP contribution in [0.4, 0.5) is 4.79 Å². The molecular weight excluding hydrogens is 344 g/mol. The lowest BCUT2D eigenvalue weighted by Gasteiger charge is -2.18. The summed E-state index contributed by atoms with van der Waals surface area (Å²) in [5, 5.41) is 22.6. The maximum absolute atomic E-state index is 12.7. The minimum Gasteiger partial charge on any atom is -0.508 e. The molecule has 0 aliphatic carbocycles. The summed E-state index contributed by atoms with van der Waals surface area (Å²) >= 11 is 6.11. The number of carboxylic acid groups (broad SMARTS) is 1. The first-order valence-corrected chi connectivity index (χ1v) is 7.83. The lowest BCUT2D eigenvalue weighted by atomic mass is 9.96. The molecule has 0 saturated heterocycles. The Morgan fingerprint density at radius 1 is 1.20 bits per heavy atom. The van der Waals surface area contributed by atoms with Gasteiger partial charge in [0.2, 0.25) is 0 Å². The number of hydrogen-bond donors (Lipinski definition) is 3. The van der Waals surface area contributed by atoms with Crippen LogP contribution in [0.15, 0.2) is 47.3 Å². The fourth-order valence-corrected chi connectivity index (χ4v) is 3.06. The highest BCUT2D eigenvalue weighted by atomic mass is 35.5. The Morgan fingerprint density at radius 3 is 2.64 bits per heavy atom. The summed E-state index contributed by atoms with van der Waals surface area (Å²) in [5.41, 5.74) is 1.53. The summed E-state index contributed by atoms with van der Waals surface area (Å²) in [6.45, 7) is -0.0610. The van der Waals surface area contributed by atoms with Gasteiger partial charge in [0.25, 0.3) is 5.56 Å². The van der Waals surface area contributed by atoms with Gasteiger partial charge in [-0.1, -0.05) is 23.7 Å². The quantitative estimate of drug-likeness (QED) is 0.669. The maximum atomic E-state index is 12.7. The van der Waals surface area contributed by atoms with E-state index in [2.05, 4.69) is 5.32 Å². The van der Waals surface area contributed by atoms with Crippen molar-refractivity contribution in [1.82, 2.24) is 9.88 Å². The Hall–Kier alpha value is -2.99. The van der Waals surface area contributed by atoms with Crippen LogP contribution in [0.1, 0.15) is 5.69 Å². The summed E-state index contributed by atoms with van der Waals surface area (Å²) < 4.78 is 1.41. The number of phenols is 1. The zero-order valence-electron chi connectivity index (χ0n) is 13.3. The van der Waals surface area contributed by atoms with Crippen molar-refractivity contribution in [1.29, 1.82) is 0 Å². The number of pyridine rings is 1. The molecule has 3 rings (SSSR count). The molecule has 3 aromatic rings. The molecule has 2 aromatic carbocycles. The Labute approximate surface area is 147 Å². The molecule has 1 heterocycles. The van der Waals surface area contributed by atoms with Gasteiger partial charge in [-0.3, -0.25) is 4.79 Å². The van der Waals surface area contributed by atoms with Crippen molar-refractivity contribution in [2.75, 3.05) is 0 Å². The minimum atomic E-state index is -1.19. The second-order valence-electron chi connectivity index (χ2n) is 5.58. The van der Waals surface area contributed by atoms with Crippen LogP contribution in [-0.4, -0.2) is 20.9 Å². The van der Waals surface area contributed by atoms with Crippen molar-refractivity contribution in [2.45, 2.75) is 6.54 Å². The van der Waals surface area contributed by atoms with E-state index in [9.17, 15) is 14.7 Å². The average molecular weight is 359 g/mol. The molecule has 128 valence electrons. The van der Waals surface area contributed by atoms with Crippen molar-refractivity contribution in [3.8, 4) is 16.9 Å². The van der Waals surface area contributed by atoms with Crippen LogP contribution in [0.25, 0.3) is 21.9 Å². The first-order chi connectivity index (χ1) is 11.9. The Kier molecular flexibility index (Phi) is 4.37. The number of halogens is 1. The van der Waals surface area contributed by atoms with Gasteiger partial charge in [-0.25, -0.2) is 4.79 Å². The highest BCUT2D eigenvalue weighted by Gasteiger charge is 2.17. The van der Waals surface area contributed by atoms with Crippen LogP contribution < -0.4 is 10.9 Å². The van der Waals surface area contributed by atoms with Crippen molar-refractivity contribution in [3.05, 3.63) is 63.5 Å². The Balaban J connectivity index is 2.42. The minimum absolute atomic E-state index is 0.0610. The SMILES string of the molecule is Cn1c(CNC(=O)O)c(-c2cccc(O)c2)c2cc(Cl)ccc2c1=O. The Bertz CT molecular complexity index is 1040. The van der Waals surface area contributed by atoms with Crippen molar-refractivity contribution >= 4 is 28.5 Å².